The van der Waals surface area contributed by atoms with Gasteiger partial charge in [0.15, 0.2) is 0 Å². The van der Waals surface area contributed by atoms with E-state index in [1.54, 1.807) is 0 Å². The van der Waals surface area contributed by atoms with Crippen LogP contribution >= 0.6 is 0 Å². The average Bonchev–Trinajstić information content (AvgIpc) is 3.25. The van der Waals surface area contributed by atoms with Crippen LogP contribution in [0.25, 0.3) is 10.8 Å². The van der Waals surface area contributed by atoms with Crippen molar-refractivity contribution >= 4 is 10.8 Å². The zero-order valence-corrected chi connectivity index (χ0v) is 12.3. The van der Waals surface area contributed by atoms with Crippen LogP contribution in [0.5, 0.6) is 5.75 Å². The van der Waals surface area contributed by atoms with Crippen molar-refractivity contribution in [2.45, 2.75) is 32.2 Å². The van der Waals surface area contributed by atoms with Crippen molar-refractivity contribution in [3.05, 3.63) is 42.0 Å². The van der Waals surface area contributed by atoms with Gasteiger partial charge in [-0.05, 0) is 25.2 Å². The van der Waals surface area contributed by atoms with Crippen molar-refractivity contribution < 1.29 is 4.74 Å². The third kappa shape index (κ3) is 2.72. The Balaban J connectivity index is 1.95. The second-order valence-corrected chi connectivity index (χ2v) is 6.12. The Hall–Kier alpha value is -2.05. The minimum atomic E-state index is -0.0734. The van der Waals surface area contributed by atoms with E-state index in [9.17, 15) is 0 Å². The van der Waals surface area contributed by atoms with Gasteiger partial charge in [0.2, 0.25) is 0 Å². The first kappa shape index (κ1) is 13.9. The van der Waals surface area contributed by atoms with Gasteiger partial charge in [0.1, 0.15) is 5.75 Å². The molecule has 1 aliphatic rings. The lowest BCUT2D eigenvalue weighted by Crippen LogP contribution is -2.15. The summed E-state index contributed by atoms with van der Waals surface area (Å²) in [5.41, 5.74) is 7.19. The summed E-state index contributed by atoms with van der Waals surface area (Å²) in [4.78, 5) is 0. The molecule has 21 heavy (non-hydrogen) atoms. The number of hydrogen-bond donors (Lipinski definition) is 1. The maximum absolute atomic E-state index is 8.93. The molecule has 1 aliphatic carbocycles. The lowest BCUT2D eigenvalue weighted by molar-refractivity contribution is 0.236. The molecule has 0 bridgehead atoms. The molecule has 2 aromatic rings. The van der Waals surface area contributed by atoms with Crippen LogP contribution in [0.4, 0.5) is 0 Å². The van der Waals surface area contributed by atoms with E-state index in [4.69, 9.17) is 15.7 Å². The first-order chi connectivity index (χ1) is 10.2. The zero-order chi connectivity index (χ0) is 14.9. The topological polar surface area (TPSA) is 59.0 Å². The third-order valence-corrected chi connectivity index (χ3v) is 4.33. The van der Waals surface area contributed by atoms with Crippen molar-refractivity contribution in [2.24, 2.45) is 11.1 Å². The zero-order valence-electron chi connectivity index (χ0n) is 12.3. The number of nitrogens with zero attached hydrogens (tertiary/aromatic N) is 1. The van der Waals surface area contributed by atoms with Crippen molar-refractivity contribution in [3.63, 3.8) is 0 Å². The fourth-order valence-corrected chi connectivity index (χ4v) is 2.72. The smallest absolute Gasteiger partial charge is 0.131 e. The van der Waals surface area contributed by atoms with Gasteiger partial charge in [-0.2, -0.15) is 5.26 Å². The first-order valence-electron chi connectivity index (χ1n) is 7.42. The molecule has 108 valence electrons. The Bertz CT molecular complexity index is 696. The Morgan fingerprint density at radius 1 is 1.29 bits per heavy atom. The summed E-state index contributed by atoms with van der Waals surface area (Å²) in [5.74, 6) is 0.882. The molecule has 3 rings (SSSR count). The number of benzene rings is 2. The number of fused-ring (bicyclic) bond motifs is 1. The van der Waals surface area contributed by atoms with E-state index in [0.717, 1.165) is 34.9 Å². The Kier molecular flexibility index (Phi) is 3.57. The lowest BCUT2D eigenvalue weighted by Gasteiger charge is -2.19. The van der Waals surface area contributed by atoms with Gasteiger partial charge in [-0.15, -0.1) is 0 Å². The van der Waals surface area contributed by atoms with Gasteiger partial charge in [-0.25, -0.2) is 0 Å². The highest BCUT2D eigenvalue weighted by molar-refractivity contribution is 5.89. The molecule has 0 heterocycles. The third-order valence-electron chi connectivity index (χ3n) is 4.33. The highest BCUT2D eigenvalue weighted by Gasteiger charge is 2.43. The molecular weight excluding hydrogens is 260 g/mol. The fraction of sp³-hybridized carbons (Fsp3) is 0.389. The second kappa shape index (κ2) is 5.38. The van der Waals surface area contributed by atoms with Gasteiger partial charge in [-0.1, -0.05) is 36.4 Å². The van der Waals surface area contributed by atoms with Crippen LogP contribution in [0, 0.1) is 16.7 Å². The molecule has 3 heteroatoms. The Labute approximate surface area is 125 Å². The van der Waals surface area contributed by atoms with E-state index < -0.39 is 0 Å². The summed E-state index contributed by atoms with van der Waals surface area (Å²) in [7, 11) is 0. The summed E-state index contributed by atoms with van der Waals surface area (Å²) < 4.78 is 6.16. The van der Waals surface area contributed by atoms with E-state index >= 15 is 0 Å². The maximum atomic E-state index is 8.93. The van der Waals surface area contributed by atoms with Crippen LogP contribution in [0.3, 0.4) is 0 Å². The van der Waals surface area contributed by atoms with Crippen LogP contribution in [0.15, 0.2) is 36.4 Å². The average molecular weight is 280 g/mol. The van der Waals surface area contributed by atoms with E-state index in [0.29, 0.717) is 13.0 Å². The quantitative estimate of drug-likeness (QED) is 0.902. The number of hydrogen-bond acceptors (Lipinski definition) is 3. The molecule has 0 saturated heterocycles. The van der Waals surface area contributed by atoms with Gasteiger partial charge in [0.05, 0.1) is 12.7 Å². The van der Waals surface area contributed by atoms with Crippen LogP contribution in [0.1, 0.15) is 37.8 Å². The van der Waals surface area contributed by atoms with Crippen molar-refractivity contribution in [3.8, 4) is 11.8 Å². The van der Waals surface area contributed by atoms with Crippen molar-refractivity contribution in [1.29, 1.82) is 5.26 Å². The van der Waals surface area contributed by atoms with Gasteiger partial charge in [0.25, 0.3) is 0 Å². The van der Waals surface area contributed by atoms with Crippen LogP contribution in [-0.2, 0) is 0 Å². The van der Waals surface area contributed by atoms with Gasteiger partial charge in [-0.3, -0.25) is 0 Å². The van der Waals surface area contributed by atoms with Gasteiger partial charge >= 0.3 is 0 Å². The van der Waals surface area contributed by atoms with Crippen molar-refractivity contribution in [1.82, 2.24) is 0 Å². The molecule has 0 spiro atoms. The van der Waals surface area contributed by atoms with E-state index in [1.165, 1.54) is 0 Å². The Morgan fingerprint density at radius 3 is 2.71 bits per heavy atom. The number of nitrogens with two attached hydrogens (primary N) is 1. The van der Waals surface area contributed by atoms with Gasteiger partial charge in [0, 0.05) is 28.8 Å². The number of nitriles is 1. The fourth-order valence-electron chi connectivity index (χ4n) is 2.72. The number of ether oxygens (including phenoxy) is 1. The summed E-state index contributed by atoms with van der Waals surface area (Å²) in [6.45, 7) is 2.58. The summed E-state index contributed by atoms with van der Waals surface area (Å²) >= 11 is 0. The predicted molar refractivity (Wildman–Crippen MR) is 83.9 cm³/mol. The van der Waals surface area contributed by atoms with Crippen molar-refractivity contribution in [2.75, 3.05) is 6.61 Å². The van der Waals surface area contributed by atoms with Crippen LogP contribution in [-0.4, -0.2) is 6.61 Å². The molecule has 3 nitrogen and oxygen atoms in total. The Morgan fingerprint density at radius 2 is 2.05 bits per heavy atom. The summed E-state index contributed by atoms with van der Waals surface area (Å²) in [6, 6.07) is 14.5. The van der Waals surface area contributed by atoms with Gasteiger partial charge < -0.3 is 10.5 Å². The summed E-state index contributed by atoms with van der Waals surface area (Å²) in [6.07, 6.45) is 2.74. The first-order valence-corrected chi connectivity index (χ1v) is 7.42. The molecule has 1 saturated carbocycles. The van der Waals surface area contributed by atoms with Crippen LogP contribution in [0.2, 0.25) is 0 Å². The van der Waals surface area contributed by atoms with E-state index in [-0.39, 0.29) is 11.5 Å². The molecule has 0 amide bonds. The minimum Gasteiger partial charge on any atom is -0.492 e. The predicted octanol–water partition coefficient (Wildman–Crippen LogP) is 3.93. The van der Waals surface area contributed by atoms with E-state index in [1.807, 2.05) is 25.1 Å². The highest BCUT2D eigenvalue weighted by Crippen LogP contribution is 2.49. The minimum absolute atomic E-state index is 0.0702. The molecule has 0 aromatic heterocycles. The lowest BCUT2D eigenvalue weighted by atomic mass is 10.0. The molecule has 1 fully saturated rings. The molecule has 0 radical (unpaired) electrons. The highest BCUT2D eigenvalue weighted by atomic mass is 16.5. The molecule has 1 unspecified atom stereocenters. The van der Waals surface area contributed by atoms with E-state index in [2.05, 4.69) is 24.3 Å². The normalized spacial score (nSPS) is 17.2. The largest absolute Gasteiger partial charge is 0.492 e. The summed E-state index contributed by atoms with van der Waals surface area (Å²) in [5, 5.41) is 11.2. The second-order valence-electron chi connectivity index (χ2n) is 6.12. The number of rotatable bonds is 5. The molecule has 2 N–H and O–H groups in total. The molecular formula is C18H20N2O. The standard InChI is InChI=1S/C18H20N2O/c1-13(20)15-7-6-14-4-2-3-5-16(14)17(15)21-12-18(8-9-18)10-11-19/h2-7,13H,8-10,12,20H2,1H3. The molecule has 1 atom stereocenters. The SMILES string of the molecule is CC(N)c1ccc2ccccc2c1OCC1(CC#N)CC1. The maximum Gasteiger partial charge on any atom is 0.131 e. The molecule has 0 aliphatic heterocycles. The monoisotopic (exact) mass is 280 g/mol. The van der Waals surface area contributed by atoms with Crippen LogP contribution < -0.4 is 10.5 Å². The molecule has 2 aromatic carbocycles.